The quantitative estimate of drug-likeness (QED) is 0.877. The number of likely N-dealkylation sites (tertiary alicyclic amines) is 1. The molecule has 0 spiro atoms. The fourth-order valence-electron chi connectivity index (χ4n) is 2.62. The van der Waals surface area contributed by atoms with E-state index in [2.05, 4.69) is 15.9 Å². The minimum absolute atomic E-state index is 0.0358. The second kappa shape index (κ2) is 7.04. The maximum Gasteiger partial charge on any atom is 0.305 e. The summed E-state index contributed by atoms with van der Waals surface area (Å²) in [5.74, 6) is -0.943. The van der Waals surface area contributed by atoms with E-state index in [1.54, 1.807) is 12.0 Å². The third kappa shape index (κ3) is 4.28. The molecule has 1 amide bonds. The largest absolute Gasteiger partial charge is 0.481 e. The number of hydrogen-bond acceptors (Lipinski definition) is 3. The van der Waals surface area contributed by atoms with Crippen molar-refractivity contribution in [3.8, 4) is 0 Å². The smallest absolute Gasteiger partial charge is 0.305 e. The van der Waals surface area contributed by atoms with Gasteiger partial charge in [-0.2, -0.15) is 0 Å². The molecule has 1 aromatic carbocycles. The molecule has 21 heavy (non-hydrogen) atoms. The number of halogens is 1. The first kappa shape index (κ1) is 16.0. The number of aliphatic carboxylic acids is 1. The highest BCUT2D eigenvalue weighted by molar-refractivity contribution is 9.10. The Balaban J connectivity index is 2.04. The molecule has 2 atom stereocenters. The van der Waals surface area contributed by atoms with Crippen LogP contribution >= 0.6 is 15.9 Å². The van der Waals surface area contributed by atoms with Crippen molar-refractivity contribution in [3.63, 3.8) is 0 Å². The molecule has 1 saturated heterocycles. The molecule has 5 nitrogen and oxygen atoms in total. The first-order valence-corrected chi connectivity index (χ1v) is 7.57. The monoisotopic (exact) mass is 355 g/mol. The highest BCUT2D eigenvalue weighted by Gasteiger charge is 2.36. The number of methoxy groups -OCH3 is 1. The lowest BCUT2D eigenvalue weighted by Gasteiger charge is -2.23. The number of hydrogen-bond donors (Lipinski definition) is 1. The van der Waals surface area contributed by atoms with Crippen LogP contribution in [-0.4, -0.2) is 47.7 Å². The Hall–Kier alpha value is -1.40. The predicted molar refractivity (Wildman–Crippen MR) is 81.0 cm³/mol. The maximum absolute atomic E-state index is 12.4. The van der Waals surface area contributed by atoms with Crippen LogP contribution in [0.5, 0.6) is 0 Å². The lowest BCUT2D eigenvalue weighted by Crippen LogP contribution is -2.38. The van der Waals surface area contributed by atoms with Crippen LogP contribution in [0.15, 0.2) is 28.7 Å². The zero-order valence-electron chi connectivity index (χ0n) is 11.8. The number of benzene rings is 1. The van der Waals surface area contributed by atoms with Gasteiger partial charge in [0.2, 0.25) is 5.91 Å². The number of nitrogens with zero attached hydrogens (tertiary/aromatic N) is 1. The van der Waals surface area contributed by atoms with Gasteiger partial charge in [-0.05, 0) is 24.1 Å². The third-order valence-corrected chi connectivity index (χ3v) is 4.24. The van der Waals surface area contributed by atoms with Crippen molar-refractivity contribution in [1.29, 1.82) is 0 Å². The van der Waals surface area contributed by atoms with Crippen molar-refractivity contribution in [1.82, 2.24) is 4.90 Å². The standard InChI is InChI=1S/C15H18BrNO4/c1-21-13-7-12(8-15(19)20)17(9-13)14(18)6-10-2-4-11(16)5-3-10/h2-5,12-13H,6-9H2,1H3,(H,19,20). The van der Waals surface area contributed by atoms with Gasteiger partial charge in [0.15, 0.2) is 0 Å². The molecule has 114 valence electrons. The van der Waals surface area contributed by atoms with Crippen LogP contribution in [0.1, 0.15) is 18.4 Å². The maximum atomic E-state index is 12.4. The predicted octanol–water partition coefficient (Wildman–Crippen LogP) is 2.08. The molecule has 1 aliphatic heterocycles. The van der Waals surface area contributed by atoms with E-state index in [1.165, 1.54) is 0 Å². The Bertz CT molecular complexity index is 517. The SMILES string of the molecule is COC1CC(CC(=O)O)N(C(=O)Cc2ccc(Br)cc2)C1. The molecule has 6 heteroatoms. The fourth-order valence-corrected chi connectivity index (χ4v) is 2.89. The lowest BCUT2D eigenvalue weighted by molar-refractivity contribution is -0.139. The van der Waals surface area contributed by atoms with Crippen molar-refractivity contribution in [2.45, 2.75) is 31.4 Å². The molecule has 0 saturated carbocycles. The molecule has 0 radical (unpaired) electrons. The van der Waals surface area contributed by atoms with Crippen LogP contribution in [0.4, 0.5) is 0 Å². The van der Waals surface area contributed by atoms with Gasteiger partial charge in [-0.1, -0.05) is 28.1 Å². The number of carbonyl (C=O) groups is 2. The van der Waals surface area contributed by atoms with Crippen molar-refractivity contribution < 1.29 is 19.4 Å². The van der Waals surface area contributed by atoms with Crippen LogP contribution in [0.3, 0.4) is 0 Å². The van der Waals surface area contributed by atoms with Crippen LogP contribution < -0.4 is 0 Å². The normalized spacial score (nSPS) is 21.5. The number of carbonyl (C=O) groups excluding carboxylic acids is 1. The van der Waals surface area contributed by atoms with E-state index in [4.69, 9.17) is 9.84 Å². The number of carboxylic acid groups (broad SMARTS) is 1. The summed E-state index contributed by atoms with van der Waals surface area (Å²) in [6, 6.07) is 7.27. The fraction of sp³-hybridized carbons (Fsp3) is 0.467. The van der Waals surface area contributed by atoms with E-state index in [1.807, 2.05) is 24.3 Å². The van der Waals surface area contributed by atoms with Gasteiger partial charge < -0.3 is 14.7 Å². The Kier molecular flexibility index (Phi) is 5.36. The summed E-state index contributed by atoms with van der Waals surface area (Å²) in [6.45, 7) is 0.462. The van der Waals surface area contributed by atoms with E-state index in [-0.39, 0.29) is 30.9 Å². The van der Waals surface area contributed by atoms with Gasteiger partial charge in [0.25, 0.3) is 0 Å². The Labute approximate surface area is 132 Å². The van der Waals surface area contributed by atoms with Crippen LogP contribution in [0.2, 0.25) is 0 Å². The molecule has 1 heterocycles. The summed E-state index contributed by atoms with van der Waals surface area (Å²) >= 11 is 3.35. The lowest BCUT2D eigenvalue weighted by atomic mass is 10.1. The molecule has 0 aromatic heterocycles. The molecular weight excluding hydrogens is 338 g/mol. The Morgan fingerprint density at radius 1 is 1.38 bits per heavy atom. The van der Waals surface area contributed by atoms with E-state index in [0.717, 1.165) is 10.0 Å². The topological polar surface area (TPSA) is 66.8 Å². The van der Waals surface area contributed by atoms with Gasteiger partial charge in [-0.25, -0.2) is 0 Å². The van der Waals surface area contributed by atoms with Crippen molar-refractivity contribution in [3.05, 3.63) is 34.3 Å². The molecule has 0 aliphatic carbocycles. The molecule has 1 aromatic rings. The van der Waals surface area contributed by atoms with Crippen LogP contribution in [0.25, 0.3) is 0 Å². The molecule has 0 bridgehead atoms. The van der Waals surface area contributed by atoms with E-state index >= 15 is 0 Å². The number of ether oxygens (including phenoxy) is 1. The molecule has 1 N–H and O–H groups in total. The molecule has 1 fully saturated rings. The van der Waals surface area contributed by atoms with Crippen molar-refractivity contribution in [2.24, 2.45) is 0 Å². The minimum Gasteiger partial charge on any atom is -0.481 e. The first-order chi connectivity index (χ1) is 9.99. The van der Waals surface area contributed by atoms with Gasteiger partial charge in [0, 0.05) is 24.2 Å². The zero-order valence-corrected chi connectivity index (χ0v) is 13.4. The van der Waals surface area contributed by atoms with Crippen molar-refractivity contribution in [2.75, 3.05) is 13.7 Å². The number of carboxylic acids is 1. The summed E-state index contributed by atoms with van der Waals surface area (Å²) in [5.41, 5.74) is 0.915. The molecule has 2 unspecified atom stereocenters. The summed E-state index contributed by atoms with van der Waals surface area (Å²) in [4.78, 5) is 25.0. The number of rotatable bonds is 5. The van der Waals surface area contributed by atoms with E-state index in [9.17, 15) is 9.59 Å². The second-order valence-corrected chi connectivity index (χ2v) is 6.11. The second-order valence-electron chi connectivity index (χ2n) is 5.19. The van der Waals surface area contributed by atoms with Crippen LogP contribution in [-0.2, 0) is 20.7 Å². The van der Waals surface area contributed by atoms with Crippen LogP contribution in [0, 0.1) is 0 Å². The summed E-state index contributed by atoms with van der Waals surface area (Å²) < 4.78 is 6.24. The third-order valence-electron chi connectivity index (χ3n) is 3.71. The van der Waals surface area contributed by atoms with E-state index < -0.39 is 5.97 Å². The zero-order chi connectivity index (χ0) is 15.4. The average Bonchev–Trinajstić information content (AvgIpc) is 2.83. The molecule has 1 aliphatic rings. The number of amides is 1. The minimum atomic E-state index is -0.891. The van der Waals surface area contributed by atoms with Gasteiger partial charge in [-0.3, -0.25) is 9.59 Å². The molecule has 2 rings (SSSR count). The van der Waals surface area contributed by atoms with Crippen molar-refractivity contribution >= 4 is 27.8 Å². The summed E-state index contributed by atoms with van der Waals surface area (Å²) in [7, 11) is 1.59. The summed E-state index contributed by atoms with van der Waals surface area (Å²) in [5, 5.41) is 8.97. The molecular formula is C15H18BrNO4. The highest BCUT2D eigenvalue weighted by Crippen LogP contribution is 2.24. The summed E-state index contributed by atoms with van der Waals surface area (Å²) in [6.07, 6.45) is 0.740. The average molecular weight is 356 g/mol. The van der Waals surface area contributed by atoms with Gasteiger partial charge in [0.05, 0.1) is 18.9 Å². The first-order valence-electron chi connectivity index (χ1n) is 6.78. The Morgan fingerprint density at radius 3 is 2.62 bits per heavy atom. The van der Waals surface area contributed by atoms with E-state index in [0.29, 0.717) is 13.0 Å². The Morgan fingerprint density at radius 2 is 2.05 bits per heavy atom. The van der Waals surface area contributed by atoms with Gasteiger partial charge in [-0.15, -0.1) is 0 Å². The van der Waals surface area contributed by atoms with Gasteiger partial charge in [0.1, 0.15) is 0 Å². The van der Waals surface area contributed by atoms with Gasteiger partial charge >= 0.3 is 5.97 Å². The highest BCUT2D eigenvalue weighted by atomic mass is 79.9.